The molecule has 11 heavy (non-hydrogen) atoms. The first-order chi connectivity index (χ1) is 5.25. The van der Waals surface area contributed by atoms with Crippen molar-refractivity contribution in [2.45, 2.75) is 13.3 Å². The minimum atomic E-state index is -0.494. The van der Waals surface area contributed by atoms with Gasteiger partial charge >= 0.3 is 0 Å². The fraction of sp³-hybridized carbons (Fsp3) is 0.222. The highest BCUT2D eigenvalue weighted by molar-refractivity contribution is 5.26. The third-order valence-corrected chi connectivity index (χ3v) is 1.41. The molecule has 2 heteroatoms. The Labute approximate surface area is 64.9 Å². The van der Waals surface area contributed by atoms with E-state index in [0.29, 0.717) is 6.42 Å². The highest BCUT2D eigenvalue weighted by Crippen LogP contribution is 2.14. The summed E-state index contributed by atoms with van der Waals surface area (Å²) in [5.41, 5.74) is 0.0787. The normalized spacial score (nSPS) is 9.73. The highest BCUT2D eigenvalue weighted by atomic mass is 19.1. The van der Waals surface area contributed by atoms with Gasteiger partial charge in [0.15, 0.2) is 0 Å². The average Bonchev–Trinajstić information content (AvgIpc) is 1.97. The second kappa shape index (κ2) is 3.37. The average molecular weight is 155 g/mol. The summed E-state index contributed by atoms with van der Waals surface area (Å²) in [5.74, 6) is -0.987. The number of hydrogen-bond acceptors (Lipinski definition) is 0. The third kappa shape index (κ3) is 1.70. The van der Waals surface area contributed by atoms with E-state index in [1.807, 2.05) is 6.92 Å². The molecule has 0 aliphatic heterocycles. The van der Waals surface area contributed by atoms with Gasteiger partial charge in [-0.05, 0) is 0 Å². The largest absolute Gasteiger partial charge is 0.284 e. The Kier molecular flexibility index (Phi) is 2.47. The van der Waals surface area contributed by atoms with Gasteiger partial charge < -0.3 is 0 Å². The Morgan fingerprint density at radius 3 is 2.27 bits per heavy atom. The van der Waals surface area contributed by atoms with Crippen molar-refractivity contribution in [1.82, 2.24) is 0 Å². The summed E-state index contributed by atoms with van der Waals surface area (Å²) in [6.07, 6.45) is 2.17. The Morgan fingerprint density at radius 2 is 1.82 bits per heavy atom. The maximum absolute atomic E-state index is 12.8. The fourth-order valence-corrected chi connectivity index (χ4v) is 0.910. The van der Waals surface area contributed by atoms with Crippen LogP contribution in [0.1, 0.15) is 18.9 Å². The van der Waals surface area contributed by atoms with Crippen LogP contribution < -0.4 is 0 Å². The van der Waals surface area contributed by atoms with E-state index in [0.717, 1.165) is 0 Å². The van der Waals surface area contributed by atoms with Crippen LogP contribution in [0, 0.1) is 18.1 Å². The lowest BCUT2D eigenvalue weighted by molar-refractivity contribution is 0.569. The summed E-state index contributed by atoms with van der Waals surface area (Å²) in [5, 5.41) is 0. The van der Waals surface area contributed by atoms with Crippen LogP contribution in [0.3, 0.4) is 0 Å². The van der Waals surface area contributed by atoms with Crippen LogP contribution in [0.15, 0.2) is 18.2 Å². The van der Waals surface area contributed by atoms with Crippen LogP contribution in [0.2, 0.25) is 0 Å². The molecule has 0 radical (unpaired) electrons. The molecule has 0 heterocycles. The zero-order chi connectivity index (χ0) is 8.27. The van der Waals surface area contributed by atoms with Crippen LogP contribution in [0.4, 0.5) is 8.78 Å². The summed E-state index contributed by atoms with van der Waals surface area (Å²) in [6.45, 7) is 1.84. The minimum Gasteiger partial charge on any atom is -0.284 e. The van der Waals surface area contributed by atoms with Gasteiger partial charge in [-0.25, -0.2) is 0 Å². The van der Waals surface area contributed by atoms with Crippen LogP contribution in [-0.4, -0.2) is 0 Å². The summed E-state index contributed by atoms with van der Waals surface area (Å²) in [7, 11) is 0. The first kappa shape index (κ1) is 8.05. The Morgan fingerprint density at radius 1 is 1.27 bits per heavy atom. The molecule has 0 N–H and O–H groups in total. The van der Waals surface area contributed by atoms with Crippen molar-refractivity contribution < 1.29 is 8.78 Å². The van der Waals surface area contributed by atoms with E-state index in [2.05, 4.69) is 0 Å². The first-order valence-electron chi connectivity index (χ1n) is 3.53. The second-order valence-corrected chi connectivity index (χ2v) is 2.25. The quantitative estimate of drug-likeness (QED) is 0.576. The SMILES string of the molecule is CC[CH-]c1c(F)cccc1F. The van der Waals surface area contributed by atoms with Gasteiger partial charge in [-0.1, -0.05) is 31.5 Å². The van der Waals surface area contributed by atoms with E-state index in [9.17, 15) is 8.78 Å². The molecule has 0 fully saturated rings. The fourth-order valence-electron chi connectivity index (χ4n) is 0.910. The Bertz CT molecular complexity index is 223. The van der Waals surface area contributed by atoms with Crippen LogP contribution in [0.25, 0.3) is 0 Å². The molecule has 1 aromatic rings. The lowest BCUT2D eigenvalue weighted by atomic mass is 10.1. The molecule has 0 saturated heterocycles. The smallest absolute Gasteiger partial charge is 0.0187 e. The van der Waals surface area contributed by atoms with Crippen molar-refractivity contribution in [3.63, 3.8) is 0 Å². The maximum Gasteiger partial charge on any atom is 0.0187 e. The lowest BCUT2D eigenvalue weighted by Crippen LogP contribution is -1.91. The standard InChI is InChI=1S/C9H9F2/c1-2-4-7-8(10)5-3-6-9(7)11/h3-6H,2H2,1H3/q-1. The predicted molar refractivity (Wildman–Crippen MR) is 40.1 cm³/mol. The molecule has 0 unspecified atom stereocenters. The van der Waals surface area contributed by atoms with Gasteiger partial charge in [-0.15, -0.1) is 5.56 Å². The minimum absolute atomic E-state index is 0.0787. The van der Waals surface area contributed by atoms with Crippen molar-refractivity contribution in [2.75, 3.05) is 0 Å². The summed E-state index contributed by atoms with van der Waals surface area (Å²) in [4.78, 5) is 0. The van der Waals surface area contributed by atoms with Gasteiger partial charge in [0.25, 0.3) is 0 Å². The van der Waals surface area contributed by atoms with E-state index in [4.69, 9.17) is 0 Å². The first-order valence-corrected chi connectivity index (χ1v) is 3.53. The van der Waals surface area contributed by atoms with E-state index in [1.165, 1.54) is 24.6 Å². The van der Waals surface area contributed by atoms with Crippen molar-refractivity contribution in [2.24, 2.45) is 0 Å². The van der Waals surface area contributed by atoms with E-state index in [-0.39, 0.29) is 5.56 Å². The van der Waals surface area contributed by atoms with Gasteiger partial charge in [-0.2, -0.15) is 6.42 Å². The number of halogens is 2. The molecule has 1 rings (SSSR count). The highest BCUT2D eigenvalue weighted by Gasteiger charge is 1.94. The number of hydrogen-bond donors (Lipinski definition) is 0. The zero-order valence-electron chi connectivity index (χ0n) is 6.27. The van der Waals surface area contributed by atoms with Gasteiger partial charge in [0.2, 0.25) is 0 Å². The van der Waals surface area contributed by atoms with Crippen molar-refractivity contribution >= 4 is 0 Å². The topological polar surface area (TPSA) is 0 Å². The van der Waals surface area contributed by atoms with Gasteiger partial charge in [0.1, 0.15) is 0 Å². The molecule has 60 valence electrons. The molecule has 0 atom stereocenters. The molecule has 0 amide bonds. The molecule has 0 bridgehead atoms. The maximum atomic E-state index is 12.8. The molecule has 0 aliphatic carbocycles. The Balaban J connectivity index is 3.00. The number of benzene rings is 1. The van der Waals surface area contributed by atoms with E-state index >= 15 is 0 Å². The van der Waals surface area contributed by atoms with Gasteiger partial charge in [-0.3, -0.25) is 8.78 Å². The summed E-state index contributed by atoms with van der Waals surface area (Å²) < 4.78 is 25.5. The van der Waals surface area contributed by atoms with Gasteiger partial charge in [0, 0.05) is 11.6 Å². The molecule has 0 spiro atoms. The monoisotopic (exact) mass is 155 g/mol. The molecule has 0 saturated carbocycles. The number of rotatable bonds is 2. The molecular formula is C9H9F2-. The summed E-state index contributed by atoms with van der Waals surface area (Å²) >= 11 is 0. The van der Waals surface area contributed by atoms with Crippen LogP contribution in [-0.2, 0) is 0 Å². The Hall–Kier alpha value is -1.05. The van der Waals surface area contributed by atoms with Crippen molar-refractivity contribution in [1.29, 1.82) is 0 Å². The molecule has 0 nitrogen and oxygen atoms in total. The molecule has 0 aromatic heterocycles. The van der Waals surface area contributed by atoms with Crippen molar-refractivity contribution in [3.05, 3.63) is 41.8 Å². The zero-order valence-corrected chi connectivity index (χ0v) is 6.27. The third-order valence-electron chi connectivity index (χ3n) is 1.41. The molecule has 1 aromatic carbocycles. The van der Waals surface area contributed by atoms with Crippen molar-refractivity contribution in [3.8, 4) is 0 Å². The van der Waals surface area contributed by atoms with Crippen LogP contribution >= 0.6 is 0 Å². The second-order valence-electron chi connectivity index (χ2n) is 2.25. The predicted octanol–water partition coefficient (Wildman–Crippen LogP) is 2.93. The van der Waals surface area contributed by atoms with E-state index in [1.54, 1.807) is 0 Å². The molecular weight excluding hydrogens is 146 g/mol. The lowest BCUT2D eigenvalue weighted by Gasteiger charge is -2.11. The van der Waals surface area contributed by atoms with Gasteiger partial charge in [0.05, 0.1) is 0 Å². The molecule has 0 aliphatic rings. The van der Waals surface area contributed by atoms with E-state index < -0.39 is 11.6 Å². The van der Waals surface area contributed by atoms with Crippen LogP contribution in [0.5, 0.6) is 0 Å². The summed E-state index contributed by atoms with van der Waals surface area (Å²) in [6, 6.07) is 3.87.